The largest absolute Gasteiger partial charge is 0.326 e. The fourth-order valence-electron chi connectivity index (χ4n) is 3.28. The lowest BCUT2D eigenvalue weighted by atomic mass is 10.1. The van der Waals surface area contributed by atoms with Crippen LogP contribution >= 0.6 is 0 Å². The lowest BCUT2D eigenvalue weighted by Gasteiger charge is -2.12. The Morgan fingerprint density at radius 3 is 2.44 bits per heavy atom. The van der Waals surface area contributed by atoms with Gasteiger partial charge in [0.05, 0.1) is 18.3 Å². The maximum Gasteiger partial charge on any atom is 0.165 e. The van der Waals surface area contributed by atoms with Crippen molar-refractivity contribution >= 4 is 5.65 Å². The summed E-state index contributed by atoms with van der Waals surface area (Å²) in [5.41, 5.74) is 4.19. The minimum Gasteiger partial charge on any atom is -0.326 e. The van der Waals surface area contributed by atoms with Crippen LogP contribution in [0.2, 0.25) is 0 Å². The second-order valence-electron chi connectivity index (χ2n) is 6.30. The van der Waals surface area contributed by atoms with Crippen molar-refractivity contribution < 1.29 is 0 Å². The molecule has 5 aromatic rings. The predicted octanol–water partition coefficient (Wildman–Crippen LogP) is 2.89. The molecule has 0 bridgehead atoms. The average Bonchev–Trinajstić information content (AvgIpc) is 3.44. The molecular formula is C20H17N7. The highest BCUT2D eigenvalue weighted by molar-refractivity contribution is 5.72. The van der Waals surface area contributed by atoms with Gasteiger partial charge in [-0.05, 0) is 23.3 Å². The number of fused-ring (bicyclic) bond motifs is 1. The molecule has 0 fully saturated rings. The number of imidazole rings is 1. The molecule has 0 unspecified atom stereocenters. The summed E-state index contributed by atoms with van der Waals surface area (Å²) in [6.45, 7) is 1.46. The van der Waals surface area contributed by atoms with E-state index in [4.69, 9.17) is 0 Å². The zero-order valence-corrected chi connectivity index (χ0v) is 14.6. The van der Waals surface area contributed by atoms with Gasteiger partial charge in [0.2, 0.25) is 0 Å². The van der Waals surface area contributed by atoms with E-state index in [1.54, 1.807) is 16.9 Å². The van der Waals surface area contributed by atoms with Crippen molar-refractivity contribution in [2.75, 3.05) is 0 Å². The fourth-order valence-corrected chi connectivity index (χ4v) is 3.28. The lowest BCUT2D eigenvalue weighted by Crippen LogP contribution is -2.07. The van der Waals surface area contributed by atoms with Crippen molar-refractivity contribution in [3.63, 3.8) is 0 Å². The third kappa shape index (κ3) is 2.89. The zero-order valence-electron chi connectivity index (χ0n) is 14.6. The maximum absolute atomic E-state index is 4.56. The van der Waals surface area contributed by atoms with E-state index >= 15 is 0 Å². The van der Waals surface area contributed by atoms with E-state index in [1.807, 2.05) is 47.8 Å². The SMILES string of the molecule is c1ccc(Cn2ccnc2-c2cnn3cccnc23)c(Cn2cccn2)c1. The molecule has 7 heteroatoms. The molecule has 0 aliphatic heterocycles. The molecule has 7 nitrogen and oxygen atoms in total. The number of hydrogen-bond acceptors (Lipinski definition) is 4. The first kappa shape index (κ1) is 15.5. The molecule has 27 heavy (non-hydrogen) atoms. The molecule has 0 radical (unpaired) electrons. The van der Waals surface area contributed by atoms with Gasteiger partial charge in [-0.25, -0.2) is 14.5 Å². The van der Waals surface area contributed by atoms with Gasteiger partial charge in [-0.3, -0.25) is 4.68 Å². The number of hydrogen-bond donors (Lipinski definition) is 0. The van der Waals surface area contributed by atoms with E-state index in [1.165, 1.54) is 11.1 Å². The molecule has 0 amide bonds. The molecule has 4 aromatic heterocycles. The molecule has 0 aliphatic carbocycles. The summed E-state index contributed by atoms with van der Waals surface area (Å²) in [6.07, 6.45) is 13.1. The second kappa shape index (κ2) is 6.53. The molecule has 1 aromatic carbocycles. The van der Waals surface area contributed by atoms with Crippen LogP contribution in [0.3, 0.4) is 0 Å². The van der Waals surface area contributed by atoms with Crippen LogP contribution < -0.4 is 0 Å². The highest BCUT2D eigenvalue weighted by atomic mass is 15.3. The van der Waals surface area contributed by atoms with E-state index in [0.717, 1.165) is 30.1 Å². The highest BCUT2D eigenvalue weighted by Gasteiger charge is 2.14. The topological polar surface area (TPSA) is 65.8 Å². The smallest absolute Gasteiger partial charge is 0.165 e. The molecule has 0 atom stereocenters. The Bertz CT molecular complexity index is 1180. The van der Waals surface area contributed by atoms with Gasteiger partial charge in [-0.1, -0.05) is 24.3 Å². The Morgan fingerprint density at radius 1 is 0.741 bits per heavy atom. The lowest BCUT2D eigenvalue weighted by molar-refractivity contribution is 0.674. The number of aromatic nitrogens is 7. The van der Waals surface area contributed by atoms with Gasteiger partial charge in [0.15, 0.2) is 5.65 Å². The van der Waals surface area contributed by atoms with Crippen molar-refractivity contribution in [3.8, 4) is 11.4 Å². The van der Waals surface area contributed by atoms with Crippen LogP contribution in [-0.4, -0.2) is 33.9 Å². The van der Waals surface area contributed by atoms with Crippen molar-refractivity contribution in [1.29, 1.82) is 0 Å². The molecule has 0 saturated carbocycles. The summed E-state index contributed by atoms with van der Waals surface area (Å²) in [4.78, 5) is 9.01. The van der Waals surface area contributed by atoms with Gasteiger partial charge in [0, 0.05) is 43.7 Å². The summed E-state index contributed by atoms with van der Waals surface area (Å²) in [5, 5.41) is 8.70. The van der Waals surface area contributed by atoms with Gasteiger partial charge in [-0.2, -0.15) is 10.2 Å². The van der Waals surface area contributed by atoms with E-state index in [2.05, 4.69) is 49.0 Å². The highest BCUT2D eigenvalue weighted by Crippen LogP contribution is 2.23. The molecule has 0 N–H and O–H groups in total. The first-order valence-corrected chi connectivity index (χ1v) is 8.72. The van der Waals surface area contributed by atoms with Crippen LogP contribution in [-0.2, 0) is 13.1 Å². The van der Waals surface area contributed by atoms with Gasteiger partial charge in [0.25, 0.3) is 0 Å². The van der Waals surface area contributed by atoms with Gasteiger partial charge < -0.3 is 4.57 Å². The normalized spacial score (nSPS) is 11.3. The van der Waals surface area contributed by atoms with Gasteiger partial charge >= 0.3 is 0 Å². The number of nitrogens with zero attached hydrogens (tertiary/aromatic N) is 7. The second-order valence-corrected chi connectivity index (χ2v) is 6.30. The Kier molecular flexibility index (Phi) is 3.75. The zero-order chi connectivity index (χ0) is 18.1. The Hall–Kier alpha value is -3.74. The van der Waals surface area contributed by atoms with Gasteiger partial charge in [-0.15, -0.1) is 0 Å². The number of rotatable bonds is 5. The molecule has 132 valence electrons. The standard InChI is InChI=1S/C20H17N7/c1-2-6-17(15-26-10-4-8-23-26)16(5-1)14-25-12-9-22-19(25)18-13-24-27-11-3-7-21-20(18)27/h1-13H,14-15H2. The summed E-state index contributed by atoms with van der Waals surface area (Å²) >= 11 is 0. The molecular weight excluding hydrogens is 338 g/mol. The summed E-state index contributed by atoms with van der Waals surface area (Å²) in [7, 11) is 0. The summed E-state index contributed by atoms with van der Waals surface area (Å²) in [5.74, 6) is 0.859. The van der Waals surface area contributed by atoms with E-state index in [0.29, 0.717) is 0 Å². The van der Waals surface area contributed by atoms with Crippen LogP contribution in [0.4, 0.5) is 0 Å². The van der Waals surface area contributed by atoms with Crippen molar-refractivity contribution in [2.45, 2.75) is 13.1 Å². The third-order valence-corrected chi connectivity index (χ3v) is 4.59. The molecule has 4 heterocycles. The number of benzene rings is 1. The molecule has 0 spiro atoms. The summed E-state index contributed by atoms with van der Waals surface area (Å²) in [6, 6.07) is 12.2. The Morgan fingerprint density at radius 2 is 1.59 bits per heavy atom. The average molecular weight is 355 g/mol. The first-order valence-electron chi connectivity index (χ1n) is 8.72. The molecule has 0 saturated heterocycles. The van der Waals surface area contributed by atoms with Crippen LogP contribution in [0.5, 0.6) is 0 Å². The first-order chi connectivity index (χ1) is 13.4. The monoisotopic (exact) mass is 355 g/mol. The van der Waals surface area contributed by atoms with Crippen LogP contribution in [0.15, 0.2) is 79.8 Å². The van der Waals surface area contributed by atoms with E-state index < -0.39 is 0 Å². The van der Waals surface area contributed by atoms with Crippen LogP contribution in [0, 0.1) is 0 Å². The van der Waals surface area contributed by atoms with Crippen LogP contribution in [0.1, 0.15) is 11.1 Å². The quantitative estimate of drug-likeness (QED) is 0.486. The fraction of sp³-hybridized carbons (Fsp3) is 0.100. The van der Waals surface area contributed by atoms with Crippen molar-refractivity contribution in [2.24, 2.45) is 0 Å². The maximum atomic E-state index is 4.56. The summed E-state index contributed by atoms with van der Waals surface area (Å²) < 4.78 is 5.83. The molecule has 0 aliphatic rings. The predicted molar refractivity (Wildman–Crippen MR) is 101 cm³/mol. The molecule has 5 rings (SSSR count). The van der Waals surface area contributed by atoms with Gasteiger partial charge in [0.1, 0.15) is 5.82 Å². The van der Waals surface area contributed by atoms with E-state index in [-0.39, 0.29) is 0 Å². The van der Waals surface area contributed by atoms with Crippen molar-refractivity contribution in [1.82, 2.24) is 33.9 Å². The van der Waals surface area contributed by atoms with E-state index in [9.17, 15) is 0 Å². The minimum atomic E-state index is 0.719. The minimum absolute atomic E-state index is 0.719. The van der Waals surface area contributed by atoms with Crippen LogP contribution in [0.25, 0.3) is 17.0 Å². The Balaban J connectivity index is 1.51. The van der Waals surface area contributed by atoms with Crippen molar-refractivity contribution in [3.05, 3.63) is 90.9 Å². The third-order valence-electron chi connectivity index (χ3n) is 4.59. The Labute approximate surface area is 155 Å².